The second-order valence-corrected chi connectivity index (χ2v) is 2.95. The van der Waals surface area contributed by atoms with Crippen LogP contribution in [0.3, 0.4) is 0 Å². The summed E-state index contributed by atoms with van der Waals surface area (Å²) in [5, 5.41) is 0. The third-order valence-electron chi connectivity index (χ3n) is 2.09. The first-order chi connectivity index (χ1) is 6.36. The third kappa shape index (κ3) is 3.32. The Bertz CT molecular complexity index is 247. The highest BCUT2D eigenvalue weighted by Gasteiger charge is 1.89. The van der Waals surface area contributed by atoms with Crippen LogP contribution in [0.15, 0.2) is 36.5 Å². The summed E-state index contributed by atoms with van der Waals surface area (Å²) in [5.41, 5.74) is 1.26. The Kier molecular flexibility index (Phi) is 4.10. The molecule has 0 saturated heterocycles. The van der Waals surface area contributed by atoms with Gasteiger partial charge >= 0.3 is 0 Å². The number of nitrogens with zero attached hydrogens (tertiary/aromatic N) is 1. The topological polar surface area (TPSA) is 3.24 Å². The number of benzene rings is 1. The molecule has 0 radical (unpaired) electrons. The van der Waals surface area contributed by atoms with Crippen LogP contribution in [-0.4, -0.2) is 18.0 Å². The zero-order chi connectivity index (χ0) is 9.52. The molecule has 0 fully saturated rings. The fourth-order valence-corrected chi connectivity index (χ4v) is 1.19. The van der Waals surface area contributed by atoms with E-state index in [1.54, 1.807) is 0 Å². The Morgan fingerprint density at radius 2 is 1.69 bits per heavy atom. The first kappa shape index (κ1) is 9.85. The fraction of sp³-hybridized carbons (Fsp3) is 0.333. The van der Waals surface area contributed by atoms with Crippen LogP contribution in [0.25, 0.3) is 6.08 Å². The van der Waals surface area contributed by atoms with Crippen LogP contribution in [0.1, 0.15) is 19.4 Å². The molecular formula is C12H17N. The minimum Gasteiger partial charge on any atom is -0.378 e. The van der Waals surface area contributed by atoms with Gasteiger partial charge in [0.2, 0.25) is 0 Å². The first-order valence-corrected chi connectivity index (χ1v) is 4.84. The van der Waals surface area contributed by atoms with E-state index in [4.69, 9.17) is 0 Å². The molecule has 0 heterocycles. The molecule has 1 rings (SSSR count). The van der Waals surface area contributed by atoms with Crippen molar-refractivity contribution in [1.82, 2.24) is 4.90 Å². The van der Waals surface area contributed by atoms with Gasteiger partial charge in [0.05, 0.1) is 0 Å². The minimum absolute atomic E-state index is 1.07. The summed E-state index contributed by atoms with van der Waals surface area (Å²) < 4.78 is 0. The molecule has 70 valence electrons. The van der Waals surface area contributed by atoms with Crippen LogP contribution in [0.2, 0.25) is 0 Å². The minimum atomic E-state index is 1.07. The van der Waals surface area contributed by atoms with E-state index in [1.807, 2.05) is 6.07 Å². The van der Waals surface area contributed by atoms with Gasteiger partial charge in [-0.3, -0.25) is 0 Å². The highest BCUT2D eigenvalue weighted by atomic mass is 15.1. The van der Waals surface area contributed by atoms with Gasteiger partial charge in [-0.2, -0.15) is 0 Å². The van der Waals surface area contributed by atoms with Crippen molar-refractivity contribution in [2.75, 3.05) is 13.1 Å². The van der Waals surface area contributed by atoms with E-state index in [1.165, 1.54) is 5.56 Å². The Hall–Kier alpha value is -1.24. The van der Waals surface area contributed by atoms with E-state index in [-0.39, 0.29) is 0 Å². The third-order valence-corrected chi connectivity index (χ3v) is 2.09. The summed E-state index contributed by atoms with van der Waals surface area (Å²) in [6, 6.07) is 10.4. The molecule has 0 aromatic heterocycles. The van der Waals surface area contributed by atoms with Crippen molar-refractivity contribution in [2.45, 2.75) is 13.8 Å². The maximum absolute atomic E-state index is 2.27. The van der Waals surface area contributed by atoms with Crippen LogP contribution in [-0.2, 0) is 0 Å². The van der Waals surface area contributed by atoms with Gasteiger partial charge in [0.15, 0.2) is 0 Å². The quantitative estimate of drug-likeness (QED) is 0.680. The summed E-state index contributed by atoms with van der Waals surface area (Å²) >= 11 is 0. The van der Waals surface area contributed by atoms with Gasteiger partial charge in [0.1, 0.15) is 0 Å². The summed E-state index contributed by atoms with van der Waals surface area (Å²) in [7, 11) is 0. The van der Waals surface area contributed by atoms with Crippen molar-refractivity contribution in [2.24, 2.45) is 0 Å². The van der Waals surface area contributed by atoms with E-state index in [9.17, 15) is 0 Å². The predicted octanol–water partition coefficient (Wildman–Crippen LogP) is 3.00. The van der Waals surface area contributed by atoms with E-state index < -0.39 is 0 Å². The Morgan fingerprint density at radius 3 is 2.23 bits per heavy atom. The monoisotopic (exact) mass is 175 g/mol. The SMILES string of the molecule is CCN(C=Cc1ccccc1)CC. The summed E-state index contributed by atoms with van der Waals surface area (Å²) in [6.07, 6.45) is 4.29. The second kappa shape index (κ2) is 5.41. The summed E-state index contributed by atoms with van der Waals surface area (Å²) in [5.74, 6) is 0. The van der Waals surface area contributed by atoms with E-state index >= 15 is 0 Å². The number of hydrogen-bond acceptors (Lipinski definition) is 1. The zero-order valence-corrected chi connectivity index (χ0v) is 8.40. The molecule has 0 spiro atoms. The fourth-order valence-electron chi connectivity index (χ4n) is 1.19. The maximum Gasteiger partial charge on any atom is 0.0143 e. The first-order valence-electron chi connectivity index (χ1n) is 4.84. The van der Waals surface area contributed by atoms with Crippen LogP contribution < -0.4 is 0 Å². The van der Waals surface area contributed by atoms with Gasteiger partial charge in [-0.1, -0.05) is 30.3 Å². The van der Waals surface area contributed by atoms with Crippen molar-refractivity contribution in [3.8, 4) is 0 Å². The van der Waals surface area contributed by atoms with Crippen LogP contribution in [0.4, 0.5) is 0 Å². The van der Waals surface area contributed by atoms with E-state index in [2.05, 4.69) is 55.3 Å². The molecule has 1 nitrogen and oxygen atoms in total. The highest BCUT2D eigenvalue weighted by Crippen LogP contribution is 2.02. The average Bonchev–Trinajstić information content (AvgIpc) is 2.21. The Labute approximate surface area is 80.7 Å². The molecule has 0 unspecified atom stereocenters. The molecule has 0 amide bonds. The van der Waals surface area contributed by atoms with Gasteiger partial charge in [0, 0.05) is 13.1 Å². The highest BCUT2D eigenvalue weighted by molar-refractivity contribution is 5.48. The number of hydrogen-bond donors (Lipinski definition) is 0. The van der Waals surface area contributed by atoms with Crippen LogP contribution >= 0.6 is 0 Å². The van der Waals surface area contributed by atoms with Crippen LogP contribution in [0, 0.1) is 0 Å². The Morgan fingerprint density at radius 1 is 1.08 bits per heavy atom. The average molecular weight is 175 g/mol. The molecular weight excluding hydrogens is 158 g/mol. The molecule has 0 saturated carbocycles. The summed E-state index contributed by atoms with van der Waals surface area (Å²) in [6.45, 7) is 6.47. The van der Waals surface area contributed by atoms with E-state index in [0.717, 1.165) is 13.1 Å². The standard InChI is InChI=1S/C12H17N/c1-3-13(4-2)11-10-12-8-6-5-7-9-12/h5-11H,3-4H2,1-2H3. The lowest BCUT2D eigenvalue weighted by atomic mass is 10.2. The second-order valence-electron chi connectivity index (χ2n) is 2.95. The molecule has 0 N–H and O–H groups in total. The lowest BCUT2D eigenvalue weighted by Crippen LogP contribution is -2.14. The molecule has 0 aliphatic rings. The molecule has 0 bridgehead atoms. The normalized spacial score (nSPS) is 10.6. The molecule has 13 heavy (non-hydrogen) atoms. The smallest absolute Gasteiger partial charge is 0.0143 e. The molecule has 1 heteroatoms. The van der Waals surface area contributed by atoms with Crippen molar-refractivity contribution < 1.29 is 0 Å². The number of rotatable bonds is 4. The maximum atomic E-state index is 2.27. The Balaban J connectivity index is 2.57. The van der Waals surface area contributed by atoms with Gasteiger partial charge in [-0.25, -0.2) is 0 Å². The van der Waals surface area contributed by atoms with Gasteiger partial charge in [-0.15, -0.1) is 0 Å². The summed E-state index contributed by atoms with van der Waals surface area (Å²) in [4.78, 5) is 2.27. The lowest BCUT2D eigenvalue weighted by Gasteiger charge is -2.14. The van der Waals surface area contributed by atoms with Gasteiger partial charge in [0.25, 0.3) is 0 Å². The van der Waals surface area contributed by atoms with Gasteiger partial charge < -0.3 is 4.90 Å². The van der Waals surface area contributed by atoms with Crippen LogP contribution in [0.5, 0.6) is 0 Å². The largest absolute Gasteiger partial charge is 0.378 e. The molecule has 0 aliphatic carbocycles. The molecule has 0 atom stereocenters. The zero-order valence-electron chi connectivity index (χ0n) is 8.40. The van der Waals surface area contributed by atoms with Crippen molar-refractivity contribution in [3.63, 3.8) is 0 Å². The van der Waals surface area contributed by atoms with Crippen molar-refractivity contribution in [1.29, 1.82) is 0 Å². The molecule has 1 aromatic rings. The van der Waals surface area contributed by atoms with E-state index in [0.29, 0.717) is 0 Å². The lowest BCUT2D eigenvalue weighted by molar-refractivity contribution is 0.421. The molecule has 1 aromatic carbocycles. The predicted molar refractivity (Wildman–Crippen MR) is 58.4 cm³/mol. The molecule has 0 aliphatic heterocycles. The van der Waals surface area contributed by atoms with Crippen molar-refractivity contribution >= 4 is 6.08 Å². The van der Waals surface area contributed by atoms with Gasteiger partial charge in [-0.05, 0) is 31.7 Å². The van der Waals surface area contributed by atoms with Crippen molar-refractivity contribution in [3.05, 3.63) is 42.1 Å².